The quantitative estimate of drug-likeness (QED) is 0.420. The van der Waals surface area contributed by atoms with E-state index < -0.39 is 11.6 Å². The summed E-state index contributed by atoms with van der Waals surface area (Å²) < 4.78 is 24.0. The maximum absolute atomic E-state index is 13.4. The maximum atomic E-state index is 13.4. The van der Waals surface area contributed by atoms with Gasteiger partial charge < -0.3 is 34.6 Å². The molecule has 2 fully saturated rings. The van der Waals surface area contributed by atoms with E-state index in [0.29, 0.717) is 111 Å². The molecule has 1 spiro atoms. The molecule has 4 heterocycles. The molecule has 10 nitrogen and oxygen atoms in total. The van der Waals surface area contributed by atoms with Crippen LogP contribution in [0.4, 0.5) is 0 Å². The van der Waals surface area contributed by atoms with Crippen molar-refractivity contribution in [2.75, 3.05) is 52.6 Å². The molecule has 0 radical (unpaired) electrons. The van der Waals surface area contributed by atoms with Crippen LogP contribution in [0.25, 0.3) is 0 Å². The summed E-state index contributed by atoms with van der Waals surface area (Å²) in [6, 6.07) is 10.4. The molecule has 0 atom stereocenters. The lowest BCUT2D eigenvalue weighted by atomic mass is 9.76. The second-order valence-electron chi connectivity index (χ2n) is 10.6. The highest BCUT2D eigenvalue weighted by atomic mass is 35.5. The molecule has 7 rings (SSSR count). The van der Waals surface area contributed by atoms with E-state index in [1.54, 1.807) is 24.3 Å². The highest BCUT2D eigenvalue weighted by molar-refractivity contribution is 6.32. The largest absolute Gasteiger partial charge is 0.506 e. The Balaban J connectivity index is 0.00000316. The Bertz CT molecular complexity index is 1470. The molecule has 0 aromatic heterocycles. The van der Waals surface area contributed by atoms with Crippen LogP contribution in [0.1, 0.15) is 38.2 Å². The monoisotopic (exact) mass is 616 g/mol. The Kier molecular flexibility index (Phi) is 7.73. The Hall–Kier alpha value is -3.09. The molecule has 4 aliphatic heterocycles. The van der Waals surface area contributed by atoms with E-state index >= 15 is 0 Å². The van der Waals surface area contributed by atoms with Crippen molar-refractivity contribution in [3.63, 3.8) is 0 Å². The highest BCUT2D eigenvalue weighted by Crippen LogP contribution is 2.61. The number of halogens is 2. The van der Waals surface area contributed by atoms with E-state index in [1.807, 2.05) is 12.1 Å². The number of carbonyl (C=O) groups is 1. The minimum Gasteiger partial charge on any atom is -0.506 e. The number of rotatable bonds is 4. The number of fused-ring (bicyclic) bond motifs is 6. The third kappa shape index (κ3) is 4.49. The molecule has 2 saturated heterocycles. The van der Waals surface area contributed by atoms with Crippen LogP contribution in [-0.2, 0) is 32.9 Å². The Morgan fingerprint density at radius 3 is 1.74 bits per heavy atom. The molecule has 42 heavy (non-hydrogen) atoms. The minimum atomic E-state index is -1.47. The number of hydrogen-bond acceptors (Lipinski definition) is 9. The number of hydrogen-bond donors (Lipinski definition) is 2. The number of carbonyl (C=O) groups excluding carboxylic acids is 1. The zero-order valence-electron chi connectivity index (χ0n) is 22.6. The van der Waals surface area contributed by atoms with E-state index in [2.05, 4.69) is 9.80 Å². The fraction of sp³-hybridized carbons (Fsp3) is 0.367. The first-order chi connectivity index (χ1) is 19.9. The van der Waals surface area contributed by atoms with E-state index in [1.165, 1.54) is 0 Å². The van der Waals surface area contributed by atoms with Gasteiger partial charge in [-0.3, -0.25) is 9.80 Å². The van der Waals surface area contributed by atoms with E-state index in [9.17, 15) is 15.0 Å². The second kappa shape index (κ2) is 11.2. The maximum Gasteiger partial charge on any atom is 0.340 e. The van der Waals surface area contributed by atoms with Gasteiger partial charge in [0.25, 0.3) is 0 Å². The molecule has 3 aromatic carbocycles. The number of benzene rings is 3. The molecule has 4 N–H and O–H groups in total. The number of phenolic OH excluding ortho intramolecular Hbond substituents is 2. The van der Waals surface area contributed by atoms with Crippen LogP contribution in [0.3, 0.4) is 0 Å². The molecule has 0 bridgehead atoms. The van der Waals surface area contributed by atoms with Gasteiger partial charge in [-0.15, -0.1) is 0 Å². The zero-order valence-corrected chi connectivity index (χ0v) is 24.1. The Morgan fingerprint density at radius 1 is 0.762 bits per heavy atom. The average Bonchev–Trinajstić information content (AvgIpc) is 3.29. The van der Waals surface area contributed by atoms with Gasteiger partial charge in [-0.2, -0.15) is 0 Å². The summed E-state index contributed by atoms with van der Waals surface area (Å²) in [6.07, 6.45) is 0. The summed E-state index contributed by atoms with van der Waals surface area (Å²) >= 11 is 13.3. The van der Waals surface area contributed by atoms with Crippen LogP contribution in [0.5, 0.6) is 23.0 Å². The molecule has 222 valence electrons. The number of aromatic hydroxyl groups is 2. The Morgan fingerprint density at radius 2 is 1.24 bits per heavy atom. The summed E-state index contributed by atoms with van der Waals surface area (Å²) in [4.78, 5) is 17.7. The van der Waals surface area contributed by atoms with Gasteiger partial charge >= 0.3 is 5.97 Å². The molecule has 0 saturated carbocycles. The lowest BCUT2D eigenvalue weighted by Gasteiger charge is -2.40. The number of ether oxygens (including phenoxy) is 4. The van der Waals surface area contributed by atoms with Gasteiger partial charge in [-0.25, -0.2) is 4.79 Å². The number of phenols is 2. The first-order valence-corrected chi connectivity index (χ1v) is 14.3. The molecular formula is C30H30Cl2N2O8. The molecule has 0 amide bonds. The van der Waals surface area contributed by atoms with Crippen LogP contribution < -0.4 is 4.74 Å². The molecule has 0 aliphatic carbocycles. The topological polar surface area (TPSA) is 132 Å². The van der Waals surface area contributed by atoms with Crippen molar-refractivity contribution in [2.24, 2.45) is 0 Å². The number of morpholine rings is 2. The summed E-state index contributed by atoms with van der Waals surface area (Å²) in [5.74, 6) is -0.0555. The predicted molar refractivity (Wildman–Crippen MR) is 154 cm³/mol. The van der Waals surface area contributed by atoms with E-state index in [-0.39, 0.29) is 27.0 Å². The first-order valence-electron chi connectivity index (χ1n) is 13.6. The number of esters is 1. The standard InChI is InChI=1S/C30H28Cl2N2O7.H2O/c31-23-13-21-27(18(25(23)35)15-33-5-9-38-10-6-33)40-28-19(16-34-7-11-39-12-8-34)26(36)24(32)14-22(28)30(21)20-4-2-1-3-17(20)29(37)41-30;/h1-4,13-14,35-36H,5-12,15-16H2;1H2. The zero-order chi connectivity index (χ0) is 28.3. The highest BCUT2D eigenvalue weighted by Gasteiger charge is 2.55. The first kappa shape index (κ1) is 29.0. The van der Waals surface area contributed by atoms with Gasteiger partial charge in [-0.05, 0) is 18.2 Å². The van der Waals surface area contributed by atoms with Crippen LogP contribution in [0.2, 0.25) is 10.0 Å². The van der Waals surface area contributed by atoms with E-state index in [4.69, 9.17) is 42.1 Å². The molecule has 4 aliphatic rings. The van der Waals surface area contributed by atoms with Crippen molar-refractivity contribution in [2.45, 2.75) is 18.7 Å². The van der Waals surface area contributed by atoms with Crippen molar-refractivity contribution in [1.82, 2.24) is 9.80 Å². The second-order valence-corrected chi connectivity index (χ2v) is 11.4. The smallest absolute Gasteiger partial charge is 0.340 e. The number of nitrogens with zero attached hydrogens (tertiary/aromatic N) is 2. The Labute approximate surface area is 252 Å². The molecule has 3 aromatic rings. The molecule has 0 unspecified atom stereocenters. The van der Waals surface area contributed by atoms with Crippen LogP contribution in [0, 0.1) is 0 Å². The lowest BCUT2D eigenvalue weighted by molar-refractivity contribution is 0.0211. The van der Waals surface area contributed by atoms with Crippen molar-refractivity contribution < 1.29 is 39.4 Å². The van der Waals surface area contributed by atoms with Crippen LogP contribution in [-0.4, -0.2) is 84.1 Å². The van der Waals surface area contributed by atoms with Gasteiger partial charge in [0, 0.05) is 56.0 Å². The SMILES string of the molecule is O.O=C1OC2(c3ccccc31)c1cc(Cl)c(O)c(CN3CCOCC3)c1Oc1c2cc(Cl)c(O)c1CN1CCOCC1. The lowest BCUT2D eigenvalue weighted by Crippen LogP contribution is -2.38. The van der Waals surface area contributed by atoms with Crippen molar-refractivity contribution in [3.8, 4) is 23.0 Å². The summed E-state index contributed by atoms with van der Waals surface area (Å²) in [7, 11) is 0. The predicted octanol–water partition coefficient (Wildman–Crippen LogP) is 3.81. The molecule has 12 heteroatoms. The van der Waals surface area contributed by atoms with Gasteiger partial charge in [0.2, 0.25) is 0 Å². The van der Waals surface area contributed by atoms with Gasteiger partial charge in [0.1, 0.15) is 23.0 Å². The van der Waals surface area contributed by atoms with Crippen molar-refractivity contribution >= 4 is 29.2 Å². The van der Waals surface area contributed by atoms with E-state index in [0.717, 1.165) is 0 Å². The average molecular weight is 617 g/mol. The fourth-order valence-electron chi connectivity index (χ4n) is 6.23. The summed E-state index contributed by atoms with van der Waals surface area (Å²) in [6.45, 7) is 5.59. The normalized spacial score (nSPS) is 19.3. The summed E-state index contributed by atoms with van der Waals surface area (Å²) in [5, 5.41) is 22.8. The minimum absolute atomic E-state index is 0. The van der Waals surface area contributed by atoms with Gasteiger partial charge in [-0.1, -0.05) is 41.4 Å². The van der Waals surface area contributed by atoms with Crippen LogP contribution >= 0.6 is 23.2 Å². The van der Waals surface area contributed by atoms with Gasteiger partial charge in [0.15, 0.2) is 5.60 Å². The van der Waals surface area contributed by atoms with Crippen molar-refractivity contribution in [1.29, 1.82) is 0 Å². The van der Waals surface area contributed by atoms with Crippen molar-refractivity contribution in [3.05, 3.63) is 79.8 Å². The fourth-order valence-corrected chi connectivity index (χ4v) is 6.68. The molecular weight excluding hydrogens is 587 g/mol. The van der Waals surface area contributed by atoms with Gasteiger partial charge in [0.05, 0.1) is 53.2 Å². The summed E-state index contributed by atoms with van der Waals surface area (Å²) in [5.41, 5.74) is 1.43. The third-order valence-electron chi connectivity index (χ3n) is 8.31. The van der Waals surface area contributed by atoms with Crippen LogP contribution in [0.15, 0.2) is 36.4 Å². The third-order valence-corrected chi connectivity index (χ3v) is 8.89.